The summed E-state index contributed by atoms with van der Waals surface area (Å²) in [5, 5.41) is 14.2. The van der Waals surface area contributed by atoms with Crippen LogP contribution in [0.5, 0.6) is 0 Å². The molecule has 1 fully saturated rings. The maximum absolute atomic E-state index is 11.5. The van der Waals surface area contributed by atoms with Gasteiger partial charge in [-0.1, -0.05) is 12.8 Å². The summed E-state index contributed by atoms with van der Waals surface area (Å²) in [5.41, 5.74) is 0. The number of amides is 2. The molecule has 2 amide bonds. The molecule has 0 aromatic rings. The van der Waals surface area contributed by atoms with E-state index in [9.17, 15) is 9.59 Å². The van der Waals surface area contributed by atoms with Crippen molar-refractivity contribution in [3.8, 4) is 0 Å². The third-order valence-corrected chi connectivity index (χ3v) is 4.36. The van der Waals surface area contributed by atoms with Crippen LogP contribution in [0.25, 0.3) is 0 Å². The first-order valence-corrected chi connectivity index (χ1v) is 8.87. The molecule has 0 bridgehead atoms. The minimum Gasteiger partial charge on any atom is -0.481 e. The first-order valence-electron chi connectivity index (χ1n) is 7.72. The fraction of sp³-hybridized carbons (Fsp3) is 0.857. The van der Waals surface area contributed by atoms with Gasteiger partial charge >= 0.3 is 12.0 Å². The van der Waals surface area contributed by atoms with Gasteiger partial charge in [-0.2, -0.15) is 11.8 Å². The minimum atomic E-state index is -0.736. The first kappa shape index (κ1) is 18.1. The number of thioether (sulfide) groups is 1. The maximum atomic E-state index is 11.5. The molecule has 1 aliphatic rings. The predicted molar refractivity (Wildman–Crippen MR) is 85.9 cm³/mol. The number of rotatable bonds is 10. The van der Waals surface area contributed by atoms with Crippen LogP contribution in [0.3, 0.4) is 0 Å². The fourth-order valence-corrected chi connectivity index (χ4v) is 3.15. The van der Waals surface area contributed by atoms with Crippen LogP contribution in [-0.2, 0) is 4.79 Å². The first-order chi connectivity index (χ1) is 10.2. The minimum absolute atomic E-state index is 0.105. The number of carboxylic acid groups (broad SMARTS) is 1. The molecular formula is C14H27N3O3S. The summed E-state index contributed by atoms with van der Waals surface area (Å²) < 4.78 is 0. The number of nitrogens with zero attached hydrogens (tertiary/aromatic N) is 1. The van der Waals surface area contributed by atoms with Crippen LogP contribution >= 0.6 is 11.8 Å². The van der Waals surface area contributed by atoms with E-state index in [2.05, 4.69) is 15.5 Å². The van der Waals surface area contributed by atoms with E-state index in [0.717, 1.165) is 45.3 Å². The van der Waals surface area contributed by atoms with Crippen molar-refractivity contribution in [1.82, 2.24) is 15.5 Å². The van der Waals surface area contributed by atoms with Crippen LogP contribution in [0.2, 0.25) is 0 Å². The van der Waals surface area contributed by atoms with Gasteiger partial charge in [-0.05, 0) is 12.8 Å². The number of carbonyl (C=O) groups is 2. The SMILES string of the molecule is O=C(O)CCCCCCNC(=O)NCCN1CCSCC1. The van der Waals surface area contributed by atoms with Gasteiger partial charge in [0, 0.05) is 50.7 Å². The third kappa shape index (κ3) is 10.4. The second-order valence-electron chi connectivity index (χ2n) is 5.19. The predicted octanol–water partition coefficient (Wildman–Crippen LogP) is 1.37. The Morgan fingerprint density at radius 1 is 1.00 bits per heavy atom. The molecule has 3 N–H and O–H groups in total. The van der Waals surface area contributed by atoms with Crippen molar-refractivity contribution in [2.75, 3.05) is 44.2 Å². The van der Waals surface area contributed by atoms with Gasteiger partial charge in [-0.3, -0.25) is 9.69 Å². The van der Waals surface area contributed by atoms with Crippen molar-refractivity contribution in [2.24, 2.45) is 0 Å². The molecule has 0 aromatic heterocycles. The van der Waals surface area contributed by atoms with Gasteiger partial charge in [0.1, 0.15) is 0 Å². The molecule has 0 spiro atoms. The standard InChI is InChI=1S/C14H27N3O3S/c18-13(19)5-3-1-2-4-6-15-14(20)16-7-8-17-9-11-21-12-10-17/h1-12H2,(H,18,19)(H2,15,16,20). The highest BCUT2D eigenvalue weighted by molar-refractivity contribution is 7.99. The number of aliphatic carboxylic acids is 1. The number of carboxylic acids is 1. The molecule has 0 saturated carbocycles. The van der Waals surface area contributed by atoms with Crippen molar-refractivity contribution in [1.29, 1.82) is 0 Å². The highest BCUT2D eigenvalue weighted by Crippen LogP contribution is 2.07. The maximum Gasteiger partial charge on any atom is 0.314 e. The second kappa shape index (κ2) is 11.7. The summed E-state index contributed by atoms with van der Waals surface area (Å²) in [6.45, 7) is 4.49. The molecule has 0 aliphatic carbocycles. The van der Waals surface area contributed by atoms with Crippen LogP contribution in [0.1, 0.15) is 32.1 Å². The Kier molecular flexibility index (Phi) is 10.1. The Morgan fingerprint density at radius 3 is 2.38 bits per heavy atom. The summed E-state index contributed by atoms with van der Waals surface area (Å²) in [5.74, 6) is 1.64. The van der Waals surface area contributed by atoms with Crippen LogP contribution in [0, 0.1) is 0 Å². The number of unbranched alkanes of at least 4 members (excludes halogenated alkanes) is 3. The number of nitrogens with one attached hydrogen (secondary N) is 2. The van der Waals surface area contributed by atoms with Crippen molar-refractivity contribution < 1.29 is 14.7 Å². The molecule has 6 nitrogen and oxygen atoms in total. The highest BCUT2D eigenvalue weighted by atomic mass is 32.2. The van der Waals surface area contributed by atoms with Gasteiger partial charge in [0.15, 0.2) is 0 Å². The lowest BCUT2D eigenvalue weighted by atomic mass is 10.1. The van der Waals surface area contributed by atoms with Gasteiger partial charge in [-0.15, -0.1) is 0 Å². The molecule has 1 saturated heterocycles. The van der Waals surface area contributed by atoms with Crippen molar-refractivity contribution >= 4 is 23.8 Å². The Balaban J connectivity index is 1.86. The smallest absolute Gasteiger partial charge is 0.314 e. The van der Waals surface area contributed by atoms with E-state index in [1.807, 2.05) is 11.8 Å². The molecule has 1 heterocycles. The van der Waals surface area contributed by atoms with E-state index < -0.39 is 5.97 Å². The molecule has 0 unspecified atom stereocenters. The molecule has 0 atom stereocenters. The largest absolute Gasteiger partial charge is 0.481 e. The van der Waals surface area contributed by atoms with E-state index in [-0.39, 0.29) is 12.5 Å². The second-order valence-corrected chi connectivity index (χ2v) is 6.42. The Labute approximate surface area is 131 Å². The quantitative estimate of drug-likeness (QED) is 0.530. The lowest BCUT2D eigenvalue weighted by Crippen LogP contribution is -2.42. The van der Waals surface area contributed by atoms with E-state index in [1.54, 1.807) is 0 Å². The van der Waals surface area contributed by atoms with Gasteiger partial charge in [0.25, 0.3) is 0 Å². The molecule has 0 aromatic carbocycles. The van der Waals surface area contributed by atoms with Crippen molar-refractivity contribution in [3.05, 3.63) is 0 Å². The number of hydrogen-bond donors (Lipinski definition) is 3. The van der Waals surface area contributed by atoms with E-state index in [1.165, 1.54) is 11.5 Å². The third-order valence-electron chi connectivity index (χ3n) is 3.42. The Hall–Kier alpha value is -0.950. The van der Waals surface area contributed by atoms with Gasteiger partial charge in [0.05, 0.1) is 0 Å². The zero-order chi connectivity index (χ0) is 15.3. The van der Waals surface area contributed by atoms with Crippen LogP contribution in [0.15, 0.2) is 0 Å². The summed E-state index contributed by atoms with van der Waals surface area (Å²) in [6, 6.07) is -0.105. The zero-order valence-electron chi connectivity index (χ0n) is 12.6. The molecule has 1 rings (SSSR count). The average molecular weight is 317 g/mol. The van der Waals surface area contributed by atoms with Crippen molar-refractivity contribution in [3.63, 3.8) is 0 Å². The lowest BCUT2D eigenvalue weighted by molar-refractivity contribution is -0.137. The van der Waals surface area contributed by atoms with E-state index in [0.29, 0.717) is 13.1 Å². The Bertz CT molecular complexity index is 310. The summed E-state index contributed by atoms with van der Waals surface area (Å²) in [6.07, 6.45) is 3.72. The average Bonchev–Trinajstić information content (AvgIpc) is 2.47. The molecule has 122 valence electrons. The molecule has 1 aliphatic heterocycles. The molecule has 7 heteroatoms. The molecule has 0 radical (unpaired) electrons. The molecular weight excluding hydrogens is 290 g/mol. The van der Waals surface area contributed by atoms with Gasteiger partial charge in [0.2, 0.25) is 0 Å². The van der Waals surface area contributed by atoms with Crippen LogP contribution < -0.4 is 10.6 Å². The summed E-state index contributed by atoms with van der Waals surface area (Å²) in [4.78, 5) is 24.2. The summed E-state index contributed by atoms with van der Waals surface area (Å²) in [7, 11) is 0. The lowest BCUT2D eigenvalue weighted by Gasteiger charge is -2.25. The van der Waals surface area contributed by atoms with Gasteiger partial charge < -0.3 is 15.7 Å². The fourth-order valence-electron chi connectivity index (χ4n) is 2.17. The Morgan fingerprint density at radius 2 is 1.67 bits per heavy atom. The van der Waals surface area contributed by atoms with Gasteiger partial charge in [-0.25, -0.2) is 4.79 Å². The number of carbonyl (C=O) groups excluding carboxylic acids is 1. The zero-order valence-corrected chi connectivity index (χ0v) is 13.4. The topological polar surface area (TPSA) is 81.7 Å². The number of hydrogen-bond acceptors (Lipinski definition) is 4. The highest BCUT2D eigenvalue weighted by Gasteiger charge is 2.09. The number of urea groups is 1. The van der Waals surface area contributed by atoms with Crippen LogP contribution in [0.4, 0.5) is 4.79 Å². The molecule has 21 heavy (non-hydrogen) atoms. The monoisotopic (exact) mass is 317 g/mol. The van der Waals surface area contributed by atoms with E-state index in [4.69, 9.17) is 5.11 Å². The normalized spacial score (nSPS) is 15.6. The van der Waals surface area contributed by atoms with E-state index >= 15 is 0 Å². The van der Waals surface area contributed by atoms with Crippen molar-refractivity contribution in [2.45, 2.75) is 32.1 Å². The van der Waals surface area contributed by atoms with Crippen LogP contribution in [-0.4, -0.2) is 66.2 Å². The summed E-state index contributed by atoms with van der Waals surface area (Å²) >= 11 is 1.99.